The number of imidazole rings is 2. The number of H-pyrrole nitrogens is 2. The molecule has 3 aromatic carbocycles. The highest BCUT2D eigenvalue weighted by atomic mass is 14.8. The van der Waals surface area contributed by atoms with Crippen molar-refractivity contribution in [2.45, 2.75) is 0 Å². The van der Waals surface area contributed by atoms with E-state index in [1.54, 1.807) is 37.4 Å². The predicted molar refractivity (Wildman–Crippen MR) is 98.6 cm³/mol. The summed E-state index contributed by atoms with van der Waals surface area (Å²) in [5.41, 5.74) is 0. The Morgan fingerprint density at radius 1 is 0.542 bits per heavy atom. The van der Waals surface area contributed by atoms with Gasteiger partial charge in [-0.15, -0.1) is 0 Å². The third-order valence-electron chi connectivity index (χ3n) is 3.43. The Labute approximate surface area is 140 Å². The zero-order valence-corrected chi connectivity index (χ0v) is 13.1. The molecule has 2 aromatic heterocycles. The largest absolute Gasteiger partial charge is 0.351 e. The van der Waals surface area contributed by atoms with Crippen LogP contribution < -0.4 is 0 Å². The van der Waals surface area contributed by atoms with Crippen molar-refractivity contribution in [3.05, 3.63) is 98.1 Å². The van der Waals surface area contributed by atoms with Crippen molar-refractivity contribution < 1.29 is 0 Å². The third-order valence-corrected chi connectivity index (χ3v) is 3.43. The number of benzene rings is 3. The van der Waals surface area contributed by atoms with E-state index >= 15 is 0 Å². The van der Waals surface area contributed by atoms with Crippen LogP contribution in [0, 0.1) is 0 Å². The summed E-state index contributed by atoms with van der Waals surface area (Å²) in [6.07, 6.45) is 10.2. The van der Waals surface area contributed by atoms with Gasteiger partial charge in [0.05, 0.1) is 12.7 Å². The Morgan fingerprint density at radius 2 is 0.917 bits per heavy atom. The lowest BCUT2D eigenvalue weighted by molar-refractivity contribution is 1.31. The molecular formula is C20H18N4. The number of hydrogen-bond donors (Lipinski definition) is 2. The first-order valence-corrected chi connectivity index (χ1v) is 7.66. The number of aromatic amines is 2. The molecule has 0 aliphatic carbocycles. The standard InChI is InChI=1S/C14H10.2C3H4N2/c1-2-6-12-10-14-8-4-3-7-13(14)9-11(12)5-1;2*1-2-5-3-4-1/h1-10H;2*1-3H,(H,4,5). The molecule has 5 aromatic rings. The molecule has 0 atom stereocenters. The quantitative estimate of drug-likeness (QED) is 0.403. The first-order chi connectivity index (χ1) is 11.9. The van der Waals surface area contributed by atoms with Gasteiger partial charge in [-0.25, -0.2) is 9.97 Å². The van der Waals surface area contributed by atoms with Crippen LogP contribution in [0.1, 0.15) is 0 Å². The van der Waals surface area contributed by atoms with E-state index in [9.17, 15) is 0 Å². The second kappa shape index (κ2) is 8.29. The van der Waals surface area contributed by atoms with E-state index in [0.29, 0.717) is 0 Å². The van der Waals surface area contributed by atoms with Crippen LogP contribution in [0.2, 0.25) is 0 Å². The number of fused-ring (bicyclic) bond motifs is 2. The van der Waals surface area contributed by atoms with E-state index in [1.165, 1.54) is 21.5 Å². The van der Waals surface area contributed by atoms with Crippen molar-refractivity contribution >= 4 is 21.5 Å². The lowest BCUT2D eigenvalue weighted by Gasteiger charge is -2.00. The van der Waals surface area contributed by atoms with Crippen LogP contribution in [-0.4, -0.2) is 19.9 Å². The zero-order valence-electron chi connectivity index (χ0n) is 13.1. The molecule has 2 N–H and O–H groups in total. The summed E-state index contributed by atoms with van der Waals surface area (Å²) in [5, 5.41) is 5.25. The van der Waals surface area contributed by atoms with Crippen molar-refractivity contribution in [3.63, 3.8) is 0 Å². The highest BCUT2D eigenvalue weighted by Gasteiger charge is 1.95. The Morgan fingerprint density at radius 3 is 1.12 bits per heavy atom. The zero-order chi connectivity index (χ0) is 16.5. The number of rotatable bonds is 0. The summed E-state index contributed by atoms with van der Waals surface area (Å²) < 4.78 is 0. The first-order valence-electron chi connectivity index (χ1n) is 7.66. The molecule has 0 saturated carbocycles. The van der Waals surface area contributed by atoms with Crippen molar-refractivity contribution in [2.24, 2.45) is 0 Å². The molecule has 0 spiro atoms. The Balaban J connectivity index is 0.000000138. The molecule has 5 rings (SSSR count). The number of nitrogens with zero attached hydrogens (tertiary/aromatic N) is 2. The minimum atomic E-state index is 1.31. The minimum Gasteiger partial charge on any atom is -0.351 e. The van der Waals surface area contributed by atoms with Crippen molar-refractivity contribution in [2.75, 3.05) is 0 Å². The average molecular weight is 314 g/mol. The van der Waals surface area contributed by atoms with E-state index in [1.807, 2.05) is 0 Å². The van der Waals surface area contributed by atoms with Gasteiger partial charge in [-0.05, 0) is 33.7 Å². The highest BCUT2D eigenvalue weighted by Crippen LogP contribution is 2.21. The number of hydrogen-bond acceptors (Lipinski definition) is 2. The second-order valence-corrected chi connectivity index (χ2v) is 5.07. The molecule has 0 aliphatic heterocycles. The van der Waals surface area contributed by atoms with Gasteiger partial charge < -0.3 is 9.97 Å². The van der Waals surface area contributed by atoms with E-state index in [2.05, 4.69) is 80.6 Å². The molecule has 0 saturated heterocycles. The maximum Gasteiger partial charge on any atom is 0.0919 e. The van der Waals surface area contributed by atoms with Crippen LogP contribution in [0.3, 0.4) is 0 Å². The molecule has 4 heteroatoms. The maximum absolute atomic E-state index is 3.67. The van der Waals surface area contributed by atoms with Crippen molar-refractivity contribution in [1.82, 2.24) is 19.9 Å². The molecule has 0 amide bonds. The van der Waals surface area contributed by atoms with Gasteiger partial charge in [-0.2, -0.15) is 0 Å². The summed E-state index contributed by atoms with van der Waals surface area (Å²) in [6.45, 7) is 0. The van der Waals surface area contributed by atoms with Crippen LogP contribution >= 0.6 is 0 Å². The van der Waals surface area contributed by atoms with Crippen molar-refractivity contribution in [3.8, 4) is 0 Å². The fourth-order valence-corrected chi connectivity index (χ4v) is 2.31. The van der Waals surface area contributed by atoms with Crippen LogP contribution in [0.4, 0.5) is 0 Å². The Bertz CT molecular complexity index is 792. The number of aromatic nitrogens is 4. The smallest absolute Gasteiger partial charge is 0.0919 e. The van der Waals surface area contributed by atoms with Crippen LogP contribution in [-0.2, 0) is 0 Å². The first kappa shape index (κ1) is 15.5. The molecule has 0 unspecified atom stereocenters. The lowest BCUT2D eigenvalue weighted by Crippen LogP contribution is -1.74. The fraction of sp³-hybridized carbons (Fsp3) is 0. The summed E-state index contributed by atoms with van der Waals surface area (Å²) in [5.74, 6) is 0. The van der Waals surface area contributed by atoms with Crippen molar-refractivity contribution in [1.29, 1.82) is 0 Å². The van der Waals surface area contributed by atoms with E-state index in [-0.39, 0.29) is 0 Å². The van der Waals surface area contributed by atoms with Crippen LogP contribution in [0.5, 0.6) is 0 Å². The van der Waals surface area contributed by atoms with Gasteiger partial charge in [0.2, 0.25) is 0 Å². The molecule has 24 heavy (non-hydrogen) atoms. The van der Waals surface area contributed by atoms with Gasteiger partial charge in [-0.3, -0.25) is 0 Å². The minimum absolute atomic E-state index is 1.31. The molecule has 0 bridgehead atoms. The highest BCUT2D eigenvalue weighted by molar-refractivity contribution is 5.98. The van der Waals surface area contributed by atoms with Crippen LogP contribution in [0.25, 0.3) is 21.5 Å². The SMILES string of the molecule is c1c[nH]cn1.c1c[nH]cn1.c1ccc2cc3ccccc3cc2c1. The lowest BCUT2D eigenvalue weighted by atomic mass is 10.0. The van der Waals surface area contributed by atoms with Gasteiger partial charge in [0, 0.05) is 24.8 Å². The van der Waals surface area contributed by atoms with Gasteiger partial charge in [0.25, 0.3) is 0 Å². The molecule has 2 heterocycles. The molecule has 0 aliphatic rings. The summed E-state index contributed by atoms with van der Waals surface area (Å²) in [6, 6.07) is 21.4. The summed E-state index contributed by atoms with van der Waals surface area (Å²) >= 11 is 0. The molecule has 0 radical (unpaired) electrons. The van der Waals surface area contributed by atoms with Gasteiger partial charge >= 0.3 is 0 Å². The topological polar surface area (TPSA) is 57.4 Å². The Hall–Kier alpha value is -3.40. The third kappa shape index (κ3) is 4.30. The van der Waals surface area contributed by atoms with Gasteiger partial charge in [0.15, 0.2) is 0 Å². The normalized spacial score (nSPS) is 9.67. The fourth-order valence-electron chi connectivity index (χ4n) is 2.31. The maximum atomic E-state index is 3.67. The van der Waals surface area contributed by atoms with E-state index in [0.717, 1.165) is 0 Å². The van der Waals surface area contributed by atoms with Gasteiger partial charge in [-0.1, -0.05) is 48.5 Å². The monoisotopic (exact) mass is 314 g/mol. The molecule has 118 valence electrons. The number of nitrogens with one attached hydrogen (secondary N) is 2. The molecular weight excluding hydrogens is 296 g/mol. The Kier molecular flexibility index (Phi) is 5.35. The average Bonchev–Trinajstić information content (AvgIpc) is 3.38. The summed E-state index contributed by atoms with van der Waals surface area (Å²) in [7, 11) is 0. The second-order valence-electron chi connectivity index (χ2n) is 5.07. The van der Waals surface area contributed by atoms with Gasteiger partial charge in [0.1, 0.15) is 0 Å². The predicted octanol–water partition coefficient (Wildman–Crippen LogP) is 4.81. The molecule has 0 fully saturated rings. The van der Waals surface area contributed by atoms with E-state index < -0.39 is 0 Å². The van der Waals surface area contributed by atoms with E-state index in [4.69, 9.17) is 0 Å². The van der Waals surface area contributed by atoms with Crippen LogP contribution in [0.15, 0.2) is 98.1 Å². The molecule has 4 nitrogen and oxygen atoms in total. The summed E-state index contributed by atoms with van der Waals surface area (Å²) in [4.78, 5) is 12.8.